The maximum Gasteiger partial charge on any atom is 0.290 e. The van der Waals surface area contributed by atoms with Crippen LogP contribution in [0.15, 0.2) is 18.2 Å². The highest BCUT2D eigenvalue weighted by atomic mass is 16.6. The van der Waals surface area contributed by atoms with Crippen LogP contribution in [0.1, 0.15) is 23.3 Å². The van der Waals surface area contributed by atoms with Crippen LogP contribution < -0.4 is 0 Å². The van der Waals surface area contributed by atoms with E-state index in [2.05, 4.69) is 15.1 Å². The number of nitrogens with one attached hydrogen (secondary N) is 1. The first-order valence-electron chi connectivity index (χ1n) is 8.29. The third-order valence-corrected chi connectivity index (χ3v) is 4.88. The molecule has 10 nitrogen and oxygen atoms in total. The Kier molecular flexibility index (Phi) is 5.12. The summed E-state index contributed by atoms with van der Waals surface area (Å²) in [6.07, 6.45) is 1.96. The molecule has 2 N–H and O–H groups in total. The Hall–Kier alpha value is -3.01. The van der Waals surface area contributed by atoms with Crippen LogP contribution in [0.25, 0.3) is 10.9 Å². The lowest BCUT2D eigenvalue weighted by molar-refractivity contribution is -0.384. The van der Waals surface area contributed by atoms with Crippen molar-refractivity contribution in [2.45, 2.75) is 18.9 Å². The maximum absolute atomic E-state index is 13.0. The van der Waals surface area contributed by atoms with Crippen molar-refractivity contribution >= 4 is 29.0 Å². The van der Waals surface area contributed by atoms with Crippen molar-refractivity contribution in [1.82, 2.24) is 20.0 Å². The average molecular weight is 361 g/mol. The van der Waals surface area contributed by atoms with Crippen molar-refractivity contribution in [3.8, 4) is 0 Å². The van der Waals surface area contributed by atoms with E-state index in [4.69, 9.17) is 9.90 Å². The number of nitro groups is 1. The normalized spacial score (nSPS) is 21.6. The third-order valence-electron chi connectivity index (χ3n) is 4.88. The Morgan fingerprint density at radius 3 is 2.65 bits per heavy atom. The predicted molar refractivity (Wildman–Crippen MR) is 91.9 cm³/mol. The van der Waals surface area contributed by atoms with Crippen LogP contribution in [0, 0.1) is 10.1 Å². The van der Waals surface area contributed by atoms with E-state index in [-0.39, 0.29) is 29.8 Å². The lowest BCUT2D eigenvalue weighted by atomic mass is 10.0. The molecule has 26 heavy (non-hydrogen) atoms. The lowest BCUT2D eigenvalue weighted by Crippen LogP contribution is -2.41. The summed E-state index contributed by atoms with van der Waals surface area (Å²) in [5, 5.41) is 25.3. The Labute approximate surface area is 148 Å². The molecule has 3 fully saturated rings. The Bertz CT molecular complexity index is 828. The highest BCUT2D eigenvalue weighted by Gasteiger charge is 2.33. The summed E-state index contributed by atoms with van der Waals surface area (Å²) in [6, 6.07) is 4.67. The van der Waals surface area contributed by atoms with Gasteiger partial charge in [-0.05, 0) is 18.9 Å². The second-order valence-electron chi connectivity index (χ2n) is 6.24. The van der Waals surface area contributed by atoms with Crippen molar-refractivity contribution in [2.24, 2.45) is 0 Å². The molecule has 10 heteroatoms. The van der Waals surface area contributed by atoms with Gasteiger partial charge in [0.25, 0.3) is 18.1 Å². The van der Waals surface area contributed by atoms with Gasteiger partial charge in [0.05, 0.1) is 10.4 Å². The first-order chi connectivity index (χ1) is 12.5. The monoisotopic (exact) mass is 361 g/mol. The molecule has 138 valence electrons. The largest absolute Gasteiger partial charge is 0.483 e. The molecule has 4 heterocycles. The number of carbonyl (C=O) groups excluding carboxylic acids is 1. The summed E-state index contributed by atoms with van der Waals surface area (Å²) in [5.74, 6) is -0.134. The fraction of sp³-hybridized carbons (Fsp3) is 0.438. The zero-order valence-corrected chi connectivity index (χ0v) is 14.0. The van der Waals surface area contributed by atoms with E-state index in [0.717, 1.165) is 32.5 Å². The zero-order chi connectivity index (χ0) is 18.7. The van der Waals surface area contributed by atoms with Gasteiger partial charge in [0.1, 0.15) is 0 Å². The van der Waals surface area contributed by atoms with Crippen molar-refractivity contribution in [1.29, 1.82) is 0 Å². The fourth-order valence-corrected chi connectivity index (χ4v) is 3.57. The van der Waals surface area contributed by atoms with Gasteiger partial charge in [-0.25, -0.2) is 0 Å². The van der Waals surface area contributed by atoms with Crippen LogP contribution in [0.3, 0.4) is 0 Å². The van der Waals surface area contributed by atoms with Crippen LogP contribution in [0.2, 0.25) is 0 Å². The topological polar surface area (TPSA) is 133 Å². The van der Waals surface area contributed by atoms with E-state index < -0.39 is 4.92 Å². The van der Waals surface area contributed by atoms with E-state index in [1.807, 2.05) is 4.90 Å². The molecular weight excluding hydrogens is 342 g/mol. The molecule has 1 amide bonds. The first kappa shape index (κ1) is 17.8. The molecule has 1 aromatic carbocycles. The average Bonchev–Trinajstić information content (AvgIpc) is 2.82. The van der Waals surface area contributed by atoms with Crippen molar-refractivity contribution in [3.63, 3.8) is 0 Å². The SMILES string of the molecule is O=C(c1n[nH]c2ccc([N+](=O)[O-])cc12)N1CCN2CCC1CC2.O=CO. The number of amides is 1. The van der Waals surface area contributed by atoms with Gasteiger partial charge in [0.2, 0.25) is 0 Å². The van der Waals surface area contributed by atoms with Gasteiger partial charge >= 0.3 is 0 Å². The summed E-state index contributed by atoms with van der Waals surface area (Å²) in [5.41, 5.74) is 0.890. The number of carboxylic acid groups (broad SMARTS) is 1. The highest BCUT2D eigenvalue weighted by molar-refractivity contribution is 6.05. The summed E-state index contributed by atoms with van der Waals surface area (Å²) >= 11 is 0. The smallest absolute Gasteiger partial charge is 0.290 e. The van der Waals surface area contributed by atoms with E-state index in [9.17, 15) is 14.9 Å². The number of fused-ring (bicyclic) bond motifs is 5. The van der Waals surface area contributed by atoms with Crippen LogP contribution in [-0.4, -0.2) is 74.6 Å². The second-order valence-corrected chi connectivity index (χ2v) is 6.24. The van der Waals surface area contributed by atoms with Gasteiger partial charge < -0.3 is 14.9 Å². The number of carbonyl (C=O) groups is 2. The summed E-state index contributed by atoms with van der Waals surface area (Å²) in [7, 11) is 0. The summed E-state index contributed by atoms with van der Waals surface area (Å²) in [6.45, 7) is 3.37. The Balaban J connectivity index is 0.000000613. The number of nitro benzene ring substituents is 1. The van der Waals surface area contributed by atoms with Crippen molar-refractivity contribution in [2.75, 3.05) is 26.2 Å². The Morgan fingerprint density at radius 2 is 2.00 bits per heavy atom. The van der Waals surface area contributed by atoms with E-state index in [1.54, 1.807) is 6.07 Å². The molecule has 3 saturated heterocycles. The summed E-state index contributed by atoms with van der Waals surface area (Å²) in [4.78, 5) is 36.1. The number of aromatic amines is 1. The lowest BCUT2D eigenvalue weighted by Gasteiger charge is -2.31. The molecule has 1 aromatic heterocycles. The van der Waals surface area contributed by atoms with E-state index in [1.165, 1.54) is 12.1 Å². The fourth-order valence-electron chi connectivity index (χ4n) is 3.57. The number of hydrogen-bond acceptors (Lipinski definition) is 6. The standard InChI is InChI=1S/C15H17N5O3.CH2O2/c21-15(19-8-7-18-5-3-10(19)4-6-18)14-12-9-11(20(22)23)1-2-13(12)16-17-14;2-1-3/h1-2,9-10H,3-8H2,(H,16,17);1H,(H,2,3). The van der Waals surface area contributed by atoms with Crippen molar-refractivity contribution < 1.29 is 19.6 Å². The predicted octanol–water partition coefficient (Wildman–Crippen LogP) is 1.09. The molecule has 0 unspecified atom stereocenters. The molecule has 3 aliphatic heterocycles. The number of rotatable bonds is 2. The molecule has 0 spiro atoms. The third kappa shape index (κ3) is 3.36. The molecule has 2 aromatic rings. The number of hydrogen-bond donors (Lipinski definition) is 2. The van der Waals surface area contributed by atoms with Gasteiger partial charge in [-0.15, -0.1) is 0 Å². The molecule has 2 bridgehead atoms. The minimum Gasteiger partial charge on any atom is -0.483 e. The van der Waals surface area contributed by atoms with Gasteiger partial charge in [0, 0.05) is 49.7 Å². The Morgan fingerprint density at radius 1 is 1.31 bits per heavy atom. The molecule has 0 aliphatic carbocycles. The van der Waals surface area contributed by atoms with Crippen LogP contribution >= 0.6 is 0 Å². The van der Waals surface area contributed by atoms with Gasteiger partial charge in [-0.3, -0.25) is 24.8 Å². The van der Waals surface area contributed by atoms with Gasteiger partial charge in [-0.2, -0.15) is 5.10 Å². The van der Waals surface area contributed by atoms with Crippen LogP contribution in [0.4, 0.5) is 5.69 Å². The van der Waals surface area contributed by atoms with Gasteiger partial charge in [-0.1, -0.05) is 0 Å². The molecule has 0 atom stereocenters. The second kappa shape index (κ2) is 7.48. The number of aromatic nitrogens is 2. The minimum atomic E-state index is -0.457. The highest BCUT2D eigenvalue weighted by Crippen LogP contribution is 2.26. The van der Waals surface area contributed by atoms with E-state index in [0.29, 0.717) is 17.4 Å². The maximum atomic E-state index is 13.0. The van der Waals surface area contributed by atoms with Gasteiger partial charge in [0.15, 0.2) is 5.69 Å². The molecular formula is C16H19N5O5. The quantitative estimate of drug-likeness (QED) is 0.465. The molecule has 0 saturated carbocycles. The van der Waals surface area contributed by atoms with Crippen LogP contribution in [0.5, 0.6) is 0 Å². The molecule has 3 aliphatic rings. The summed E-state index contributed by atoms with van der Waals surface area (Å²) < 4.78 is 0. The zero-order valence-electron chi connectivity index (χ0n) is 14.0. The number of piperidine rings is 1. The number of non-ortho nitro benzene ring substituents is 1. The number of nitrogens with zero attached hydrogens (tertiary/aromatic N) is 4. The van der Waals surface area contributed by atoms with Crippen molar-refractivity contribution in [3.05, 3.63) is 34.0 Å². The molecule has 5 rings (SSSR count). The first-order valence-corrected chi connectivity index (χ1v) is 8.29. The van der Waals surface area contributed by atoms with Crippen LogP contribution in [-0.2, 0) is 4.79 Å². The van der Waals surface area contributed by atoms with E-state index >= 15 is 0 Å². The number of H-pyrrole nitrogens is 1. The minimum absolute atomic E-state index is 0.0316. The number of benzene rings is 1. The molecule has 0 radical (unpaired) electrons.